The molecular weight excluding hydrogens is 258 g/mol. The molecule has 1 aliphatic carbocycles. The minimum Gasteiger partial charge on any atom is -0.392 e. The van der Waals surface area contributed by atoms with Crippen molar-refractivity contribution in [2.24, 2.45) is 23.7 Å². The fraction of sp³-hybridized carbons (Fsp3) is 0.800. The van der Waals surface area contributed by atoms with Gasteiger partial charge in [-0.3, -0.25) is 19.7 Å². The van der Waals surface area contributed by atoms with Crippen molar-refractivity contribution in [3.8, 4) is 0 Å². The van der Waals surface area contributed by atoms with Gasteiger partial charge < -0.3 is 5.11 Å². The predicted molar refractivity (Wildman–Crippen MR) is 72.6 cm³/mol. The fourth-order valence-corrected chi connectivity index (χ4v) is 3.60. The van der Waals surface area contributed by atoms with E-state index in [1.165, 1.54) is 0 Å². The van der Waals surface area contributed by atoms with Crippen molar-refractivity contribution in [3.63, 3.8) is 0 Å². The van der Waals surface area contributed by atoms with Crippen LogP contribution in [0.2, 0.25) is 0 Å². The molecule has 1 aliphatic heterocycles. The number of rotatable bonds is 3. The lowest BCUT2D eigenvalue weighted by Crippen LogP contribution is -2.42. The van der Waals surface area contributed by atoms with Crippen molar-refractivity contribution in [1.82, 2.24) is 5.32 Å². The van der Waals surface area contributed by atoms with Gasteiger partial charge in [-0.25, -0.2) is 0 Å². The van der Waals surface area contributed by atoms with Crippen LogP contribution in [-0.4, -0.2) is 28.8 Å². The number of amides is 2. The van der Waals surface area contributed by atoms with Gasteiger partial charge in [0.1, 0.15) is 5.78 Å². The first-order chi connectivity index (χ1) is 9.36. The molecule has 2 unspecified atom stereocenters. The fourth-order valence-electron chi connectivity index (χ4n) is 3.60. The average molecular weight is 281 g/mol. The van der Waals surface area contributed by atoms with E-state index in [4.69, 9.17) is 0 Å². The molecule has 5 nitrogen and oxygen atoms in total. The van der Waals surface area contributed by atoms with Crippen molar-refractivity contribution in [2.75, 3.05) is 0 Å². The summed E-state index contributed by atoms with van der Waals surface area (Å²) in [6, 6.07) is 0. The van der Waals surface area contributed by atoms with E-state index in [2.05, 4.69) is 12.2 Å². The van der Waals surface area contributed by atoms with E-state index in [9.17, 15) is 19.5 Å². The van der Waals surface area contributed by atoms with Crippen LogP contribution in [0.1, 0.15) is 46.0 Å². The summed E-state index contributed by atoms with van der Waals surface area (Å²) in [6.07, 6.45) is 1.72. The Kier molecular flexibility index (Phi) is 4.58. The number of hydrogen-bond acceptors (Lipinski definition) is 4. The van der Waals surface area contributed by atoms with E-state index < -0.39 is 6.10 Å². The number of piperidine rings is 1. The molecule has 1 saturated carbocycles. The molecule has 2 rings (SSSR count). The van der Waals surface area contributed by atoms with E-state index in [-0.39, 0.29) is 48.2 Å². The lowest BCUT2D eigenvalue weighted by Gasteiger charge is -2.34. The van der Waals surface area contributed by atoms with Crippen LogP contribution in [0.3, 0.4) is 0 Å². The van der Waals surface area contributed by atoms with Crippen molar-refractivity contribution in [2.45, 2.75) is 52.1 Å². The number of ketones is 1. The van der Waals surface area contributed by atoms with Gasteiger partial charge in [-0.15, -0.1) is 0 Å². The number of carbonyl (C=O) groups is 3. The summed E-state index contributed by atoms with van der Waals surface area (Å²) in [5, 5.41) is 12.6. The average Bonchev–Trinajstić information content (AvgIpc) is 2.32. The third-order valence-corrected chi connectivity index (χ3v) is 4.53. The molecule has 20 heavy (non-hydrogen) atoms. The highest BCUT2D eigenvalue weighted by Gasteiger charge is 2.38. The molecule has 0 aromatic carbocycles. The van der Waals surface area contributed by atoms with Gasteiger partial charge in [-0.1, -0.05) is 13.8 Å². The Morgan fingerprint density at radius 2 is 1.75 bits per heavy atom. The lowest BCUT2D eigenvalue weighted by molar-refractivity contribution is -0.136. The topological polar surface area (TPSA) is 83.5 Å². The predicted octanol–water partition coefficient (Wildman–Crippen LogP) is 1.04. The van der Waals surface area contributed by atoms with Crippen LogP contribution in [-0.2, 0) is 14.4 Å². The van der Waals surface area contributed by atoms with Gasteiger partial charge in [-0.05, 0) is 31.1 Å². The highest BCUT2D eigenvalue weighted by molar-refractivity contribution is 5.97. The van der Waals surface area contributed by atoms with Crippen LogP contribution in [0.5, 0.6) is 0 Å². The molecule has 2 fully saturated rings. The minimum absolute atomic E-state index is 0.00492. The van der Waals surface area contributed by atoms with Crippen LogP contribution in [0.4, 0.5) is 0 Å². The van der Waals surface area contributed by atoms with Crippen LogP contribution in [0, 0.1) is 23.7 Å². The number of imide groups is 1. The maximum Gasteiger partial charge on any atom is 0.226 e. The smallest absolute Gasteiger partial charge is 0.226 e. The largest absolute Gasteiger partial charge is 0.392 e. The lowest BCUT2D eigenvalue weighted by atomic mass is 9.71. The second-order valence-corrected chi connectivity index (χ2v) is 6.54. The second kappa shape index (κ2) is 6.04. The first kappa shape index (κ1) is 15.2. The Morgan fingerprint density at radius 3 is 2.35 bits per heavy atom. The number of aliphatic hydroxyl groups excluding tert-OH is 1. The Balaban J connectivity index is 1.96. The Hall–Kier alpha value is -1.23. The van der Waals surface area contributed by atoms with E-state index in [1.807, 2.05) is 6.92 Å². The quantitative estimate of drug-likeness (QED) is 0.757. The third-order valence-electron chi connectivity index (χ3n) is 4.53. The van der Waals surface area contributed by atoms with Crippen molar-refractivity contribution in [1.29, 1.82) is 0 Å². The van der Waals surface area contributed by atoms with Gasteiger partial charge in [0.05, 0.1) is 6.10 Å². The van der Waals surface area contributed by atoms with E-state index in [1.54, 1.807) is 0 Å². The first-order valence-electron chi connectivity index (χ1n) is 7.41. The zero-order valence-corrected chi connectivity index (χ0v) is 12.1. The van der Waals surface area contributed by atoms with E-state index in [0.717, 1.165) is 6.42 Å². The molecule has 4 atom stereocenters. The summed E-state index contributed by atoms with van der Waals surface area (Å²) < 4.78 is 0. The van der Waals surface area contributed by atoms with Gasteiger partial charge >= 0.3 is 0 Å². The van der Waals surface area contributed by atoms with Gasteiger partial charge in [-0.2, -0.15) is 0 Å². The molecule has 1 saturated heterocycles. The molecule has 2 aliphatic rings. The molecule has 2 amide bonds. The minimum atomic E-state index is -0.739. The molecule has 112 valence electrons. The number of aliphatic hydroxyl groups is 1. The Bertz CT molecular complexity index is 404. The second-order valence-electron chi connectivity index (χ2n) is 6.54. The molecule has 0 spiro atoms. The van der Waals surface area contributed by atoms with Crippen molar-refractivity contribution < 1.29 is 19.5 Å². The highest BCUT2D eigenvalue weighted by Crippen LogP contribution is 2.34. The third kappa shape index (κ3) is 3.45. The molecule has 2 N–H and O–H groups in total. The Morgan fingerprint density at radius 1 is 1.15 bits per heavy atom. The van der Waals surface area contributed by atoms with Gasteiger partial charge in [0.25, 0.3) is 0 Å². The molecule has 0 radical (unpaired) electrons. The standard InChI is InChI=1S/C15H23NO4/c1-8-3-9(2)15(20)11(4-8)12(17)5-10-6-13(18)16-14(19)7-10/h8-12,17H,3-7H2,1-2H3,(H,16,18,19)/t8?,9-,11?,12-/m0/s1. The van der Waals surface area contributed by atoms with Crippen molar-refractivity contribution in [3.05, 3.63) is 0 Å². The molecule has 1 heterocycles. The van der Waals surface area contributed by atoms with Gasteiger partial charge in [0, 0.05) is 24.7 Å². The number of hydrogen-bond donors (Lipinski definition) is 2. The zero-order chi connectivity index (χ0) is 14.9. The van der Waals surface area contributed by atoms with E-state index >= 15 is 0 Å². The summed E-state index contributed by atoms with van der Waals surface area (Å²) >= 11 is 0. The van der Waals surface area contributed by atoms with E-state index in [0.29, 0.717) is 18.8 Å². The normalized spacial score (nSPS) is 34.0. The van der Waals surface area contributed by atoms with Crippen LogP contribution >= 0.6 is 0 Å². The summed E-state index contributed by atoms with van der Waals surface area (Å²) in [7, 11) is 0. The van der Waals surface area contributed by atoms with Crippen LogP contribution in [0.25, 0.3) is 0 Å². The zero-order valence-electron chi connectivity index (χ0n) is 12.1. The number of nitrogens with one attached hydrogen (secondary N) is 1. The Labute approximate surface area is 119 Å². The van der Waals surface area contributed by atoms with Crippen LogP contribution in [0.15, 0.2) is 0 Å². The molecule has 5 heteroatoms. The number of Topliss-reactive ketones (excluding diaryl/α,β-unsaturated/α-hetero) is 1. The van der Waals surface area contributed by atoms with Gasteiger partial charge in [0.15, 0.2) is 0 Å². The van der Waals surface area contributed by atoms with Gasteiger partial charge in [0.2, 0.25) is 11.8 Å². The number of carbonyl (C=O) groups excluding carboxylic acids is 3. The molecule has 0 bridgehead atoms. The SMILES string of the molecule is CC1CC([C@@H](O)CC2CC(=O)NC(=O)C2)C(=O)[C@@H](C)C1. The van der Waals surface area contributed by atoms with Crippen molar-refractivity contribution >= 4 is 17.6 Å². The molecule has 0 aromatic heterocycles. The summed E-state index contributed by atoms with van der Waals surface area (Å²) in [4.78, 5) is 34.8. The summed E-state index contributed by atoms with van der Waals surface area (Å²) in [5.41, 5.74) is 0. The maximum atomic E-state index is 12.2. The monoisotopic (exact) mass is 281 g/mol. The molecule has 0 aromatic rings. The molecular formula is C15H23NO4. The first-order valence-corrected chi connectivity index (χ1v) is 7.41. The highest BCUT2D eigenvalue weighted by atomic mass is 16.3. The summed E-state index contributed by atoms with van der Waals surface area (Å²) in [5.74, 6) is -0.499. The maximum absolute atomic E-state index is 12.2. The van der Waals surface area contributed by atoms with Crippen LogP contribution < -0.4 is 5.32 Å². The summed E-state index contributed by atoms with van der Waals surface area (Å²) in [6.45, 7) is 4.01.